The first-order valence-electron chi connectivity index (χ1n) is 9.47. The molecule has 7 nitrogen and oxygen atoms in total. The summed E-state index contributed by atoms with van der Waals surface area (Å²) in [5, 5.41) is 2.88. The number of rotatable bonds is 3. The number of carbonyl (C=O) groups is 2. The molecular weight excluding hydrogens is 358 g/mol. The number of hydrogen-bond donors (Lipinski definition) is 1. The molecule has 2 amide bonds. The van der Waals surface area contributed by atoms with Gasteiger partial charge in [-0.25, -0.2) is 0 Å². The fraction of sp³-hybridized carbons (Fsp3) is 0.381. The van der Waals surface area contributed by atoms with Crippen molar-refractivity contribution in [3.05, 3.63) is 59.4 Å². The standard InChI is InChI=1S/C21H23N3O4/c1-15-4-2-3-5-17(15)23-19(25)16-6-9-22-18(14-16)20(26)24-10-7-21(8-11-24)27-12-13-28-21/h2-6,9,14H,7-8,10-13H2,1H3,(H,23,25). The second-order valence-electron chi connectivity index (χ2n) is 7.10. The molecule has 3 heterocycles. The van der Waals surface area contributed by atoms with E-state index in [0.29, 0.717) is 44.7 Å². The van der Waals surface area contributed by atoms with Crippen LogP contribution in [0, 0.1) is 6.92 Å². The molecule has 0 radical (unpaired) electrons. The van der Waals surface area contributed by atoms with Crippen molar-refractivity contribution in [2.75, 3.05) is 31.6 Å². The maximum atomic E-state index is 12.8. The molecule has 1 aromatic heterocycles. The van der Waals surface area contributed by atoms with Gasteiger partial charge in [0.15, 0.2) is 5.79 Å². The van der Waals surface area contributed by atoms with Gasteiger partial charge in [0.05, 0.1) is 13.2 Å². The zero-order valence-electron chi connectivity index (χ0n) is 15.8. The van der Waals surface area contributed by atoms with Crippen LogP contribution in [0.25, 0.3) is 0 Å². The molecule has 0 unspecified atom stereocenters. The highest BCUT2D eigenvalue weighted by Gasteiger charge is 2.41. The number of carbonyl (C=O) groups excluding carboxylic acids is 2. The number of amides is 2. The van der Waals surface area contributed by atoms with E-state index in [0.717, 1.165) is 11.3 Å². The number of piperidine rings is 1. The summed E-state index contributed by atoms with van der Waals surface area (Å²) in [5.74, 6) is -0.978. The average Bonchev–Trinajstić information content (AvgIpc) is 3.18. The molecule has 7 heteroatoms. The number of nitrogens with zero attached hydrogens (tertiary/aromatic N) is 2. The van der Waals surface area contributed by atoms with Gasteiger partial charge in [0, 0.05) is 43.4 Å². The quantitative estimate of drug-likeness (QED) is 0.884. The van der Waals surface area contributed by atoms with Crippen LogP contribution >= 0.6 is 0 Å². The molecular formula is C21H23N3O4. The smallest absolute Gasteiger partial charge is 0.272 e. The summed E-state index contributed by atoms with van der Waals surface area (Å²) in [5.41, 5.74) is 2.38. The fourth-order valence-electron chi connectivity index (χ4n) is 3.59. The summed E-state index contributed by atoms with van der Waals surface area (Å²) < 4.78 is 11.4. The topological polar surface area (TPSA) is 80.8 Å². The number of hydrogen-bond acceptors (Lipinski definition) is 5. The third kappa shape index (κ3) is 3.76. The van der Waals surface area contributed by atoms with Crippen molar-refractivity contribution >= 4 is 17.5 Å². The minimum absolute atomic E-state index is 0.182. The second-order valence-corrected chi connectivity index (χ2v) is 7.10. The lowest BCUT2D eigenvalue weighted by atomic mass is 10.0. The molecule has 0 saturated carbocycles. The van der Waals surface area contributed by atoms with Crippen LogP contribution in [-0.4, -0.2) is 53.8 Å². The van der Waals surface area contributed by atoms with Gasteiger partial charge >= 0.3 is 0 Å². The highest BCUT2D eigenvalue weighted by Crippen LogP contribution is 2.31. The number of ether oxygens (including phenoxy) is 2. The van der Waals surface area contributed by atoms with Crippen molar-refractivity contribution in [3.8, 4) is 0 Å². The normalized spacial score (nSPS) is 18.2. The van der Waals surface area contributed by atoms with Gasteiger partial charge in [-0.2, -0.15) is 0 Å². The van der Waals surface area contributed by atoms with Crippen molar-refractivity contribution in [1.82, 2.24) is 9.88 Å². The molecule has 2 aromatic rings. The maximum absolute atomic E-state index is 12.8. The van der Waals surface area contributed by atoms with Crippen molar-refractivity contribution < 1.29 is 19.1 Å². The molecule has 1 aromatic carbocycles. The highest BCUT2D eigenvalue weighted by molar-refractivity contribution is 6.06. The van der Waals surface area contributed by atoms with Gasteiger partial charge in [-0.15, -0.1) is 0 Å². The van der Waals surface area contributed by atoms with Crippen molar-refractivity contribution in [3.63, 3.8) is 0 Å². The number of aryl methyl sites for hydroxylation is 1. The van der Waals surface area contributed by atoms with Gasteiger partial charge in [-0.1, -0.05) is 18.2 Å². The van der Waals surface area contributed by atoms with Crippen LogP contribution in [-0.2, 0) is 9.47 Å². The molecule has 146 valence electrons. The molecule has 1 N–H and O–H groups in total. The monoisotopic (exact) mass is 381 g/mol. The lowest BCUT2D eigenvalue weighted by molar-refractivity contribution is -0.181. The number of nitrogens with one attached hydrogen (secondary N) is 1. The van der Waals surface area contributed by atoms with E-state index in [9.17, 15) is 9.59 Å². The summed E-state index contributed by atoms with van der Waals surface area (Å²) in [7, 11) is 0. The van der Waals surface area contributed by atoms with Crippen LogP contribution in [0.2, 0.25) is 0 Å². The number of likely N-dealkylation sites (tertiary alicyclic amines) is 1. The lowest BCUT2D eigenvalue weighted by Gasteiger charge is -2.37. The largest absolute Gasteiger partial charge is 0.347 e. The predicted molar refractivity (Wildman–Crippen MR) is 103 cm³/mol. The Morgan fingerprint density at radius 3 is 2.54 bits per heavy atom. The van der Waals surface area contributed by atoms with Crippen LogP contribution in [0.5, 0.6) is 0 Å². The summed E-state index contributed by atoms with van der Waals surface area (Å²) in [6.07, 6.45) is 2.78. The Hall–Kier alpha value is -2.77. The van der Waals surface area contributed by atoms with Crippen LogP contribution in [0.4, 0.5) is 5.69 Å². The Morgan fingerprint density at radius 2 is 1.82 bits per heavy atom. The van der Waals surface area contributed by atoms with E-state index in [1.165, 1.54) is 6.20 Å². The first kappa shape index (κ1) is 18.6. The predicted octanol–water partition coefficient (Wildman–Crippen LogP) is 2.62. The zero-order valence-corrected chi connectivity index (χ0v) is 15.8. The Balaban J connectivity index is 1.44. The maximum Gasteiger partial charge on any atom is 0.272 e. The third-order valence-corrected chi connectivity index (χ3v) is 5.26. The van der Waals surface area contributed by atoms with Gasteiger partial charge in [-0.3, -0.25) is 14.6 Å². The van der Waals surface area contributed by atoms with Crippen LogP contribution in [0.15, 0.2) is 42.6 Å². The first-order valence-corrected chi connectivity index (χ1v) is 9.47. The van der Waals surface area contributed by atoms with Gasteiger partial charge in [0.1, 0.15) is 5.69 Å². The molecule has 28 heavy (non-hydrogen) atoms. The minimum Gasteiger partial charge on any atom is -0.347 e. The van der Waals surface area contributed by atoms with Crippen molar-refractivity contribution in [2.24, 2.45) is 0 Å². The van der Waals surface area contributed by atoms with Gasteiger partial charge in [-0.05, 0) is 30.7 Å². The highest BCUT2D eigenvalue weighted by atomic mass is 16.7. The lowest BCUT2D eigenvalue weighted by Crippen LogP contribution is -2.47. The zero-order chi connectivity index (χ0) is 19.6. The van der Waals surface area contributed by atoms with Gasteiger partial charge in [0.2, 0.25) is 0 Å². The molecule has 2 fully saturated rings. The molecule has 0 aliphatic carbocycles. The van der Waals surface area contributed by atoms with E-state index < -0.39 is 5.79 Å². The van der Waals surface area contributed by atoms with E-state index in [1.54, 1.807) is 17.0 Å². The summed E-state index contributed by atoms with van der Waals surface area (Å²) in [6.45, 7) is 4.22. The molecule has 2 aliphatic rings. The van der Waals surface area contributed by atoms with Crippen molar-refractivity contribution in [1.29, 1.82) is 0 Å². The third-order valence-electron chi connectivity index (χ3n) is 5.26. The molecule has 2 aliphatic heterocycles. The molecule has 2 saturated heterocycles. The number of aromatic nitrogens is 1. The summed E-state index contributed by atoms with van der Waals surface area (Å²) in [6, 6.07) is 10.7. The summed E-state index contributed by atoms with van der Waals surface area (Å²) >= 11 is 0. The van der Waals surface area contributed by atoms with Gasteiger partial charge in [0.25, 0.3) is 11.8 Å². The van der Waals surface area contributed by atoms with Crippen LogP contribution < -0.4 is 5.32 Å². The number of para-hydroxylation sites is 1. The summed E-state index contributed by atoms with van der Waals surface area (Å²) in [4.78, 5) is 31.3. The number of anilines is 1. The Morgan fingerprint density at radius 1 is 1.11 bits per heavy atom. The fourth-order valence-corrected chi connectivity index (χ4v) is 3.59. The van der Waals surface area contributed by atoms with E-state index in [2.05, 4.69) is 10.3 Å². The van der Waals surface area contributed by atoms with Crippen molar-refractivity contribution in [2.45, 2.75) is 25.6 Å². The Labute approximate surface area is 163 Å². The van der Waals surface area contributed by atoms with Crippen LogP contribution in [0.3, 0.4) is 0 Å². The minimum atomic E-state index is -0.528. The number of pyridine rings is 1. The molecule has 0 bridgehead atoms. The first-order chi connectivity index (χ1) is 13.6. The molecule has 4 rings (SSSR count). The number of benzene rings is 1. The van der Waals surface area contributed by atoms with Crippen LogP contribution in [0.1, 0.15) is 39.3 Å². The molecule has 0 atom stereocenters. The van der Waals surface area contributed by atoms with Gasteiger partial charge < -0.3 is 19.7 Å². The Kier molecular flexibility index (Phi) is 5.11. The second kappa shape index (κ2) is 7.69. The van der Waals surface area contributed by atoms with E-state index in [-0.39, 0.29) is 17.5 Å². The SMILES string of the molecule is Cc1ccccc1NC(=O)c1ccnc(C(=O)N2CCC3(CC2)OCCO3)c1. The van der Waals surface area contributed by atoms with E-state index in [1.807, 2.05) is 31.2 Å². The van der Waals surface area contributed by atoms with E-state index >= 15 is 0 Å². The molecule has 1 spiro atoms. The van der Waals surface area contributed by atoms with E-state index in [4.69, 9.17) is 9.47 Å². The average molecular weight is 381 g/mol. The Bertz CT molecular complexity index is 883.